The highest BCUT2D eigenvalue weighted by Crippen LogP contribution is 2.42. The molecule has 2 saturated carbocycles. The van der Waals surface area contributed by atoms with Crippen molar-refractivity contribution in [2.24, 2.45) is 23.7 Å². The molecule has 0 aliphatic heterocycles. The largest absolute Gasteiger partial charge is 0.198 e. The lowest BCUT2D eigenvalue weighted by molar-refractivity contribution is 0.152. The average Bonchev–Trinajstić information content (AvgIpc) is 2.70. The van der Waals surface area contributed by atoms with Crippen LogP contribution in [0.4, 0.5) is 0 Å². The maximum absolute atomic E-state index is 9.07. The number of hydrogen-bond acceptors (Lipinski definition) is 1. The van der Waals surface area contributed by atoms with Crippen molar-refractivity contribution in [1.82, 2.24) is 0 Å². The minimum absolute atomic E-state index is 0.374. The first kappa shape index (κ1) is 21.8. The average molecular weight is 360 g/mol. The Balaban J connectivity index is 1.42. The predicted octanol–water partition coefficient (Wildman–Crippen LogP) is 8.43. The fourth-order valence-electron chi connectivity index (χ4n) is 5.59. The first-order valence-electron chi connectivity index (χ1n) is 12.2. The molecule has 0 atom stereocenters. The van der Waals surface area contributed by atoms with Crippen molar-refractivity contribution >= 4 is 0 Å². The molecule has 150 valence electrons. The van der Waals surface area contributed by atoms with Crippen molar-refractivity contribution in [2.75, 3.05) is 0 Å². The van der Waals surface area contributed by atoms with E-state index in [0.29, 0.717) is 5.92 Å². The molecule has 0 unspecified atom stereocenters. The van der Waals surface area contributed by atoms with Crippen LogP contribution in [0.1, 0.15) is 129 Å². The van der Waals surface area contributed by atoms with Gasteiger partial charge in [0.05, 0.1) is 6.07 Å². The molecule has 2 aliphatic carbocycles. The van der Waals surface area contributed by atoms with Crippen LogP contribution in [0.2, 0.25) is 0 Å². The van der Waals surface area contributed by atoms with Crippen LogP contribution >= 0.6 is 0 Å². The third-order valence-corrected chi connectivity index (χ3v) is 7.48. The molecule has 0 aromatic rings. The van der Waals surface area contributed by atoms with Gasteiger partial charge in [-0.3, -0.25) is 0 Å². The Morgan fingerprint density at radius 1 is 0.615 bits per heavy atom. The van der Waals surface area contributed by atoms with Gasteiger partial charge in [-0.15, -0.1) is 0 Å². The smallest absolute Gasteiger partial charge is 0.0655 e. The first-order valence-corrected chi connectivity index (χ1v) is 12.2. The second-order valence-corrected chi connectivity index (χ2v) is 9.49. The number of hydrogen-bond donors (Lipinski definition) is 0. The molecule has 1 nitrogen and oxygen atoms in total. The third-order valence-electron chi connectivity index (χ3n) is 7.48. The van der Waals surface area contributed by atoms with Crippen LogP contribution < -0.4 is 0 Å². The SMILES string of the molecule is CCCCCCCCCCCCC1CCC(C2CCC(C#N)CC2)CC1. The molecule has 26 heavy (non-hydrogen) atoms. The first-order chi connectivity index (χ1) is 12.8. The molecule has 0 radical (unpaired) electrons. The van der Waals surface area contributed by atoms with Crippen LogP contribution in [0, 0.1) is 35.0 Å². The topological polar surface area (TPSA) is 23.8 Å². The van der Waals surface area contributed by atoms with Gasteiger partial charge in [-0.1, -0.05) is 90.4 Å². The van der Waals surface area contributed by atoms with Gasteiger partial charge >= 0.3 is 0 Å². The zero-order valence-corrected chi connectivity index (χ0v) is 17.7. The number of rotatable bonds is 12. The Labute approximate surface area is 164 Å². The second kappa shape index (κ2) is 13.6. The lowest BCUT2D eigenvalue weighted by Gasteiger charge is -2.36. The molecular weight excluding hydrogens is 314 g/mol. The lowest BCUT2D eigenvalue weighted by Crippen LogP contribution is -2.25. The van der Waals surface area contributed by atoms with Crippen LogP contribution in [0.15, 0.2) is 0 Å². The van der Waals surface area contributed by atoms with Crippen LogP contribution in [-0.4, -0.2) is 0 Å². The summed E-state index contributed by atoms with van der Waals surface area (Å²) in [5.74, 6) is 3.37. The molecule has 0 aromatic carbocycles. The van der Waals surface area contributed by atoms with Crippen molar-refractivity contribution in [3.8, 4) is 6.07 Å². The molecule has 0 N–H and O–H groups in total. The van der Waals surface area contributed by atoms with E-state index in [1.807, 2.05) is 0 Å². The number of nitriles is 1. The Hall–Kier alpha value is -0.510. The summed E-state index contributed by atoms with van der Waals surface area (Å²) in [6, 6.07) is 2.49. The third kappa shape index (κ3) is 8.45. The summed E-state index contributed by atoms with van der Waals surface area (Å²) in [4.78, 5) is 0. The Bertz CT molecular complexity index is 366. The highest BCUT2D eigenvalue weighted by atomic mass is 14.4. The van der Waals surface area contributed by atoms with Gasteiger partial charge in [-0.05, 0) is 56.3 Å². The van der Waals surface area contributed by atoms with Crippen molar-refractivity contribution in [3.05, 3.63) is 0 Å². The van der Waals surface area contributed by atoms with Crippen molar-refractivity contribution in [2.45, 2.75) is 129 Å². The number of nitrogens with zero attached hydrogens (tertiary/aromatic N) is 1. The van der Waals surface area contributed by atoms with Crippen LogP contribution in [-0.2, 0) is 0 Å². The summed E-state index contributed by atoms with van der Waals surface area (Å²) < 4.78 is 0. The van der Waals surface area contributed by atoms with E-state index in [9.17, 15) is 0 Å². The molecule has 2 aliphatic rings. The fourth-order valence-corrected chi connectivity index (χ4v) is 5.59. The van der Waals surface area contributed by atoms with Gasteiger partial charge in [0.25, 0.3) is 0 Å². The molecule has 0 aromatic heterocycles. The van der Waals surface area contributed by atoms with Crippen LogP contribution in [0.5, 0.6) is 0 Å². The summed E-state index contributed by atoms with van der Waals surface area (Å²) in [7, 11) is 0. The zero-order valence-electron chi connectivity index (χ0n) is 17.7. The highest BCUT2D eigenvalue weighted by molar-refractivity contribution is 4.89. The molecule has 0 heterocycles. The molecule has 0 saturated heterocycles. The van der Waals surface area contributed by atoms with Gasteiger partial charge in [0, 0.05) is 5.92 Å². The van der Waals surface area contributed by atoms with E-state index >= 15 is 0 Å². The van der Waals surface area contributed by atoms with E-state index in [4.69, 9.17) is 5.26 Å². The van der Waals surface area contributed by atoms with E-state index in [-0.39, 0.29) is 0 Å². The maximum atomic E-state index is 9.07. The van der Waals surface area contributed by atoms with E-state index in [1.54, 1.807) is 0 Å². The maximum Gasteiger partial charge on any atom is 0.0655 e. The summed E-state index contributed by atoms with van der Waals surface area (Å²) in [6.45, 7) is 2.30. The molecule has 2 rings (SSSR count). The van der Waals surface area contributed by atoms with Crippen molar-refractivity contribution in [3.63, 3.8) is 0 Å². The van der Waals surface area contributed by atoms with Crippen LogP contribution in [0.3, 0.4) is 0 Å². The lowest BCUT2D eigenvalue weighted by atomic mass is 9.69. The van der Waals surface area contributed by atoms with Gasteiger partial charge in [0.15, 0.2) is 0 Å². The summed E-state index contributed by atoms with van der Waals surface area (Å²) in [5.41, 5.74) is 0. The molecule has 0 spiro atoms. The molecule has 1 heteroatoms. The van der Waals surface area contributed by atoms with Gasteiger partial charge in [0.1, 0.15) is 0 Å². The highest BCUT2D eigenvalue weighted by Gasteiger charge is 2.30. The molecule has 2 fully saturated rings. The summed E-state index contributed by atoms with van der Waals surface area (Å²) in [6.07, 6.45) is 27.1. The predicted molar refractivity (Wildman–Crippen MR) is 113 cm³/mol. The van der Waals surface area contributed by atoms with Crippen molar-refractivity contribution in [1.29, 1.82) is 5.26 Å². The van der Waals surface area contributed by atoms with E-state index in [1.165, 1.54) is 122 Å². The van der Waals surface area contributed by atoms with Gasteiger partial charge in [0.2, 0.25) is 0 Å². The van der Waals surface area contributed by atoms with Gasteiger partial charge in [-0.2, -0.15) is 5.26 Å². The molecule has 0 bridgehead atoms. The minimum Gasteiger partial charge on any atom is -0.198 e. The second-order valence-electron chi connectivity index (χ2n) is 9.49. The van der Waals surface area contributed by atoms with Crippen molar-refractivity contribution < 1.29 is 0 Å². The fraction of sp³-hybridized carbons (Fsp3) is 0.960. The molecular formula is C25H45N. The zero-order chi connectivity index (χ0) is 18.5. The summed E-state index contributed by atoms with van der Waals surface area (Å²) in [5, 5.41) is 9.07. The summed E-state index contributed by atoms with van der Waals surface area (Å²) >= 11 is 0. The molecule has 0 amide bonds. The normalized spacial score (nSPS) is 29.4. The number of unbranched alkanes of at least 4 members (excludes halogenated alkanes) is 9. The Morgan fingerprint density at radius 3 is 1.58 bits per heavy atom. The van der Waals surface area contributed by atoms with E-state index < -0.39 is 0 Å². The van der Waals surface area contributed by atoms with E-state index in [0.717, 1.165) is 17.8 Å². The van der Waals surface area contributed by atoms with Crippen LogP contribution in [0.25, 0.3) is 0 Å². The van der Waals surface area contributed by atoms with Gasteiger partial charge in [-0.25, -0.2) is 0 Å². The Kier molecular flexibility index (Phi) is 11.4. The minimum atomic E-state index is 0.374. The standard InChI is InChI=1S/C25H45N/c1-2-3-4-5-6-7-8-9-10-11-12-22-13-17-24(18-14-22)25-19-15-23(21-26)16-20-25/h22-25H,2-20H2,1H3. The van der Waals surface area contributed by atoms with E-state index in [2.05, 4.69) is 13.0 Å². The Morgan fingerprint density at radius 2 is 1.08 bits per heavy atom. The quantitative estimate of drug-likeness (QED) is 0.321. The van der Waals surface area contributed by atoms with Gasteiger partial charge < -0.3 is 0 Å². The monoisotopic (exact) mass is 359 g/mol.